The van der Waals surface area contributed by atoms with Crippen LogP contribution in [0.15, 0.2) is 12.3 Å². The Morgan fingerprint density at radius 3 is 2.33 bits per heavy atom. The van der Waals surface area contributed by atoms with E-state index in [1.165, 1.54) is 5.01 Å². The second-order valence-electron chi connectivity index (χ2n) is 4.11. The molecule has 2 nitrogen and oxygen atoms in total. The third kappa shape index (κ3) is 2.27. The summed E-state index contributed by atoms with van der Waals surface area (Å²) in [6.45, 7) is -0.0417. The van der Waals surface area contributed by atoms with E-state index in [1.54, 1.807) is 12.3 Å². The van der Waals surface area contributed by atoms with Crippen molar-refractivity contribution >= 4 is 0 Å². The molecule has 0 saturated heterocycles. The summed E-state index contributed by atoms with van der Waals surface area (Å²) in [7, 11) is 0. The molecule has 0 aromatic carbocycles. The zero-order valence-electron chi connectivity index (χ0n) is 8.50. The van der Waals surface area contributed by atoms with Gasteiger partial charge in [-0.05, 0) is 12.8 Å². The van der Waals surface area contributed by atoms with Crippen LogP contribution in [0.4, 0.5) is 13.2 Å². The molecule has 86 valence electrons. The maximum atomic E-state index is 12.6. The third-order valence-electron chi connectivity index (χ3n) is 3.06. The van der Waals surface area contributed by atoms with Crippen molar-refractivity contribution in [2.45, 2.75) is 44.4 Å². The molecule has 0 bridgehead atoms. The Hall–Kier alpha value is -0.710. The van der Waals surface area contributed by atoms with Gasteiger partial charge >= 0.3 is 6.30 Å². The monoisotopic (exact) mass is 220 g/mol. The van der Waals surface area contributed by atoms with E-state index in [9.17, 15) is 13.2 Å². The van der Waals surface area contributed by atoms with E-state index in [1.807, 2.05) is 0 Å². The van der Waals surface area contributed by atoms with Crippen molar-refractivity contribution in [2.24, 2.45) is 0 Å². The van der Waals surface area contributed by atoms with E-state index >= 15 is 0 Å². The molecule has 2 rings (SSSR count). The van der Waals surface area contributed by atoms with Gasteiger partial charge in [-0.3, -0.25) is 0 Å². The van der Waals surface area contributed by atoms with Gasteiger partial charge in [0, 0.05) is 18.8 Å². The van der Waals surface area contributed by atoms with Gasteiger partial charge in [-0.15, -0.1) is 5.01 Å². The smallest absolute Gasteiger partial charge is 0.303 e. The molecule has 5 heteroatoms. The van der Waals surface area contributed by atoms with Crippen molar-refractivity contribution < 1.29 is 13.2 Å². The maximum Gasteiger partial charge on any atom is 0.477 e. The third-order valence-corrected chi connectivity index (χ3v) is 3.06. The maximum absolute atomic E-state index is 12.6. The van der Waals surface area contributed by atoms with Crippen molar-refractivity contribution in [1.82, 2.24) is 10.0 Å². The van der Waals surface area contributed by atoms with Gasteiger partial charge in [0.15, 0.2) is 0 Å². The summed E-state index contributed by atoms with van der Waals surface area (Å²) in [5.41, 5.74) is 0. The molecule has 1 aliphatic carbocycles. The molecule has 0 radical (unpaired) electrons. The van der Waals surface area contributed by atoms with Crippen LogP contribution in [-0.2, 0) is 0 Å². The van der Waals surface area contributed by atoms with Gasteiger partial charge in [0.2, 0.25) is 0 Å². The lowest BCUT2D eigenvalue weighted by atomic mass is 9.95. The molecule has 0 unspecified atom stereocenters. The van der Waals surface area contributed by atoms with Crippen molar-refractivity contribution in [2.75, 3.05) is 6.54 Å². The van der Waals surface area contributed by atoms with Gasteiger partial charge in [-0.2, -0.15) is 13.2 Å². The van der Waals surface area contributed by atoms with Gasteiger partial charge in [-0.25, -0.2) is 0 Å². The Morgan fingerprint density at radius 2 is 1.73 bits per heavy atom. The summed E-state index contributed by atoms with van der Waals surface area (Å²) >= 11 is 0. The first-order valence-electron chi connectivity index (χ1n) is 5.38. The van der Waals surface area contributed by atoms with E-state index in [4.69, 9.17) is 0 Å². The number of halogens is 3. The summed E-state index contributed by atoms with van der Waals surface area (Å²) in [5, 5.41) is 1.88. The highest BCUT2D eigenvalue weighted by atomic mass is 19.4. The molecule has 15 heavy (non-hydrogen) atoms. The number of hydrogen-bond acceptors (Lipinski definition) is 2. The average molecular weight is 220 g/mol. The van der Waals surface area contributed by atoms with Gasteiger partial charge in [0.25, 0.3) is 0 Å². The highest BCUT2D eigenvalue weighted by molar-refractivity contribution is 4.95. The number of alkyl halides is 3. The highest BCUT2D eigenvalue weighted by Gasteiger charge is 2.43. The average Bonchev–Trinajstić information content (AvgIpc) is 2.67. The zero-order chi connectivity index (χ0) is 10.9. The van der Waals surface area contributed by atoms with E-state index in [0.29, 0.717) is 5.01 Å². The summed E-state index contributed by atoms with van der Waals surface area (Å²) in [5.74, 6) is 0. The first-order chi connectivity index (χ1) is 7.09. The van der Waals surface area contributed by atoms with Crippen molar-refractivity contribution in [1.29, 1.82) is 0 Å². The number of hydrazine groups is 1. The number of nitrogens with zero attached hydrogens (tertiary/aromatic N) is 2. The van der Waals surface area contributed by atoms with Gasteiger partial charge in [0.1, 0.15) is 0 Å². The Morgan fingerprint density at radius 1 is 1.07 bits per heavy atom. The van der Waals surface area contributed by atoms with Crippen LogP contribution in [0.25, 0.3) is 0 Å². The van der Waals surface area contributed by atoms with Crippen LogP contribution < -0.4 is 0 Å². The molecule has 1 saturated carbocycles. The second-order valence-corrected chi connectivity index (χ2v) is 4.11. The molecule has 0 N–H and O–H groups in total. The fourth-order valence-corrected chi connectivity index (χ4v) is 2.33. The van der Waals surface area contributed by atoms with Crippen LogP contribution in [-0.4, -0.2) is 28.9 Å². The zero-order valence-corrected chi connectivity index (χ0v) is 8.50. The van der Waals surface area contributed by atoms with Crippen LogP contribution >= 0.6 is 0 Å². The molecule has 0 amide bonds. The molecule has 1 heterocycles. The predicted octanol–water partition coefficient (Wildman–Crippen LogP) is 2.89. The Labute approximate surface area is 87.3 Å². The Balaban J connectivity index is 2.03. The number of hydrogen-bond donors (Lipinski definition) is 0. The summed E-state index contributed by atoms with van der Waals surface area (Å²) < 4.78 is 37.8. The minimum absolute atomic E-state index is 0.0409. The lowest BCUT2D eigenvalue weighted by Crippen LogP contribution is -2.50. The topological polar surface area (TPSA) is 6.48 Å². The summed E-state index contributed by atoms with van der Waals surface area (Å²) in [4.78, 5) is 0. The lowest BCUT2D eigenvalue weighted by Gasteiger charge is -2.38. The van der Waals surface area contributed by atoms with E-state index in [2.05, 4.69) is 0 Å². The van der Waals surface area contributed by atoms with E-state index < -0.39 is 6.30 Å². The van der Waals surface area contributed by atoms with Crippen molar-refractivity contribution in [3.63, 3.8) is 0 Å². The Kier molecular flexibility index (Phi) is 2.91. The fraction of sp³-hybridized carbons (Fsp3) is 0.800. The second kappa shape index (κ2) is 4.04. The minimum atomic E-state index is -4.25. The van der Waals surface area contributed by atoms with Crippen LogP contribution in [0.1, 0.15) is 32.1 Å². The largest absolute Gasteiger partial charge is 0.477 e. The standard InChI is InChI=1S/C10H15F3N2/c11-10(12,13)15-8-4-7-14(15)9-5-2-1-3-6-9/h4,7,9H,1-3,5-6,8H2. The SMILES string of the molecule is FC(F)(F)N1CC=CN1C1CCCCC1. The van der Waals surface area contributed by atoms with Crippen LogP contribution in [0, 0.1) is 0 Å². The highest BCUT2D eigenvalue weighted by Crippen LogP contribution is 2.32. The first kappa shape index (κ1) is 10.8. The quantitative estimate of drug-likeness (QED) is 0.627. The van der Waals surface area contributed by atoms with Crippen LogP contribution in [0.2, 0.25) is 0 Å². The van der Waals surface area contributed by atoms with Crippen molar-refractivity contribution in [3.8, 4) is 0 Å². The molecule has 1 fully saturated rings. The van der Waals surface area contributed by atoms with E-state index in [0.717, 1.165) is 32.1 Å². The van der Waals surface area contributed by atoms with E-state index in [-0.39, 0.29) is 12.6 Å². The molecule has 0 aromatic rings. The minimum Gasteiger partial charge on any atom is -0.303 e. The van der Waals surface area contributed by atoms with Crippen LogP contribution in [0.5, 0.6) is 0 Å². The first-order valence-corrected chi connectivity index (χ1v) is 5.38. The fourth-order valence-electron chi connectivity index (χ4n) is 2.33. The molecule has 1 aliphatic heterocycles. The van der Waals surface area contributed by atoms with Gasteiger partial charge < -0.3 is 5.01 Å². The van der Waals surface area contributed by atoms with Crippen molar-refractivity contribution in [3.05, 3.63) is 12.3 Å². The normalized spacial score (nSPS) is 25.1. The number of rotatable bonds is 1. The van der Waals surface area contributed by atoms with Gasteiger partial charge in [-0.1, -0.05) is 25.3 Å². The Bertz CT molecular complexity index is 244. The molecular formula is C10H15F3N2. The molecular weight excluding hydrogens is 205 g/mol. The predicted molar refractivity (Wildman–Crippen MR) is 50.6 cm³/mol. The lowest BCUT2D eigenvalue weighted by molar-refractivity contribution is -0.302. The van der Waals surface area contributed by atoms with Crippen LogP contribution in [0.3, 0.4) is 0 Å². The molecule has 0 spiro atoms. The van der Waals surface area contributed by atoms with Gasteiger partial charge in [0.05, 0.1) is 0 Å². The summed E-state index contributed by atoms with van der Waals surface area (Å²) in [6.07, 6.45) is 3.88. The molecule has 0 aromatic heterocycles. The summed E-state index contributed by atoms with van der Waals surface area (Å²) in [6, 6.07) is 0.0409. The molecule has 2 aliphatic rings. The molecule has 0 atom stereocenters.